The van der Waals surface area contributed by atoms with Crippen molar-refractivity contribution in [1.29, 1.82) is 0 Å². The Hall–Kier alpha value is -1.36. The van der Waals surface area contributed by atoms with Crippen LogP contribution in [0.25, 0.3) is 0 Å². The van der Waals surface area contributed by atoms with E-state index in [1.807, 2.05) is 25.1 Å². The van der Waals surface area contributed by atoms with Crippen molar-refractivity contribution in [3.63, 3.8) is 0 Å². The van der Waals surface area contributed by atoms with Crippen molar-refractivity contribution in [2.24, 2.45) is 0 Å². The highest BCUT2D eigenvalue weighted by molar-refractivity contribution is 5.78. The lowest BCUT2D eigenvalue weighted by molar-refractivity contribution is -0.122. The van der Waals surface area contributed by atoms with Gasteiger partial charge in [0.05, 0.1) is 13.1 Å². The van der Waals surface area contributed by atoms with Gasteiger partial charge in [0, 0.05) is 17.9 Å². The molecular weight excluding hydrogens is 264 g/mol. The Morgan fingerprint density at radius 1 is 1.33 bits per heavy atom. The van der Waals surface area contributed by atoms with Crippen molar-refractivity contribution < 1.29 is 4.79 Å². The highest BCUT2D eigenvalue weighted by atomic mass is 16.2. The number of H-pyrrole nitrogens is 1. The van der Waals surface area contributed by atoms with Crippen molar-refractivity contribution in [2.75, 3.05) is 13.6 Å². The minimum absolute atomic E-state index is 0.131. The number of likely N-dealkylation sites (N-methyl/N-ethyl adjacent to an activating group) is 1. The summed E-state index contributed by atoms with van der Waals surface area (Å²) in [5.41, 5.74) is 1.05. The molecule has 1 fully saturated rings. The molecule has 0 unspecified atom stereocenters. The van der Waals surface area contributed by atoms with E-state index in [2.05, 4.69) is 15.3 Å². The van der Waals surface area contributed by atoms with Gasteiger partial charge in [-0.05, 0) is 26.8 Å². The molecule has 5 nitrogen and oxygen atoms in total. The predicted octanol–water partition coefficient (Wildman–Crippen LogP) is 2.38. The first kappa shape index (κ1) is 16.0. The monoisotopic (exact) mass is 292 g/mol. The molecule has 0 bridgehead atoms. The molecule has 1 aliphatic rings. The van der Waals surface area contributed by atoms with Crippen LogP contribution in [0.15, 0.2) is 6.20 Å². The minimum atomic E-state index is 0.131. The Kier molecular flexibility index (Phi) is 6.23. The van der Waals surface area contributed by atoms with Crippen molar-refractivity contribution >= 4 is 5.91 Å². The molecule has 2 rings (SSSR count). The van der Waals surface area contributed by atoms with Gasteiger partial charge in [0.15, 0.2) is 0 Å². The van der Waals surface area contributed by atoms with Crippen LogP contribution in [0.5, 0.6) is 0 Å². The summed E-state index contributed by atoms with van der Waals surface area (Å²) >= 11 is 0. The molecule has 0 aliphatic heterocycles. The van der Waals surface area contributed by atoms with E-state index in [-0.39, 0.29) is 5.91 Å². The summed E-state index contributed by atoms with van der Waals surface area (Å²) in [6.45, 7) is 3.08. The number of carbonyl (C=O) groups excluding carboxylic acids is 1. The third-order valence-electron chi connectivity index (χ3n) is 4.06. The standard InChI is InChI=1S/C16H28N4O/c1-13-10-17-15(18-13)11-20(2)12-16(21)19-14-8-6-4-3-5-7-9-14/h10,14H,3-9,11-12H2,1-2H3,(H,17,18)(H,19,21). The summed E-state index contributed by atoms with van der Waals surface area (Å²) in [5.74, 6) is 1.04. The van der Waals surface area contributed by atoms with Gasteiger partial charge in [0.25, 0.3) is 0 Å². The lowest BCUT2D eigenvalue weighted by Gasteiger charge is -2.22. The number of hydrogen-bond donors (Lipinski definition) is 2. The van der Waals surface area contributed by atoms with Gasteiger partial charge in [-0.1, -0.05) is 32.1 Å². The van der Waals surface area contributed by atoms with Crippen LogP contribution in [-0.2, 0) is 11.3 Å². The van der Waals surface area contributed by atoms with Crippen LogP contribution < -0.4 is 5.32 Å². The number of aryl methyl sites for hydroxylation is 1. The number of rotatable bonds is 5. The number of nitrogens with one attached hydrogen (secondary N) is 2. The fourth-order valence-corrected chi connectivity index (χ4v) is 2.98. The summed E-state index contributed by atoms with van der Waals surface area (Å²) in [7, 11) is 1.95. The van der Waals surface area contributed by atoms with Crippen molar-refractivity contribution in [3.8, 4) is 0 Å². The summed E-state index contributed by atoms with van der Waals surface area (Å²) in [5, 5.41) is 3.20. The third kappa shape index (κ3) is 5.87. The number of amides is 1. The Labute approximate surface area is 127 Å². The Bertz CT molecular complexity index is 435. The number of aromatic nitrogens is 2. The zero-order valence-electron chi connectivity index (χ0n) is 13.3. The van der Waals surface area contributed by atoms with E-state index in [9.17, 15) is 4.79 Å². The summed E-state index contributed by atoms with van der Waals surface area (Å²) in [6.07, 6.45) is 10.5. The van der Waals surface area contributed by atoms with E-state index in [1.54, 1.807) is 0 Å². The largest absolute Gasteiger partial charge is 0.352 e. The highest BCUT2D eigenvalue weighted by Gasteiger charge is 2.15. The molecule has 2 N–H and O–H groups in total. The number of hydrogen-bond acceptors (Lipinski definition) is 3. The molecule has 21 heavy (non-hydrogen) atoms. The van der Waals surface area contributed by atoms with E-state index < -0.39 is 0 Å². The first-order valence-electron chi connectivity index (χ1n) is 8.12. The average molecular weight is 292 g/mol. The van der Waals surface area contributed by atoms with Gasteiger partial charge < -0.3 is 10.3 Å². The molecule has 1 heterocycles. The van der Waals surface area contributed by atoms with Crippen molar-refractivity contribution in [3.05, 3.63) is 17.7 Å². The van der Waals surface area contributed by atoms with Gasteiger partial charge in [0.1, 0.15) is 5.82 Å². The zero-order chi connectivity index (χ0) is 15.1. The Morgan fingerprint density at radius 2 is 2.00 bits per heavy atom. The molecule has 1 aliphatic carbocycles. The lowest BCUT2D eigenvalue weighted by Crippen LogP contribution is -2.41. The first-order valence-corrected chi connectivity index (χ1v) is 8.12. The normalized spacial score (nSPS) is 17.5. The van der Waals surface area contributed by atoms with Crippen LogP contribution in [0.2, 0.25) is 0 Å². The Balaban J connectivity index is 1.72. The van der Waals surface area contributed by atoms with Crippen LogP contribution >= 0.6 is 0 Å². The fraction of sp³-hybridized carbons (Fsp3) is 0.750. The maximum Gasteiger partial charge on any atom is 0.234 e. The smallest absolute Gasteiger partial charge is 0.234 e. The molecule has 0 saturated heterocycles. The van der Waals surface area contributed by atoms with Gasteiger partial charge in [0.2, 0.25) is 5.91 Å². The number of aromatic amines is 1. The van der Waals surface area contributed by atoms with Crippen LogP contribution in [0, 0.1) is 6.92 Å². The predicted molar refractivity (Wildman–Crippen MR) is 83.9 cm³/mol. The van der Waals surface area contributed by atoms with Crippen molar-refractivity contribution in [1.82, 2.24) is 20.2 Å². The second kappa shape index (κ2) is 8.17. The quantitative estimate of drug-likeness (QED) is 0.876. The number of carbonyl (C=O) groups is 1. The molecular formula is C16H28N4O. The number of imidazole rings is 1. The fourth-order valence-electron chi connectivity index (χ4n) is 2.98. The molecule has 1 aromatic heterocycles. The summed E-state index contributed by atoms with van der Waals surface area (Å²) in [4.78, 5) is 21.6. The molecule has 118 valence electrons. The maximum absolute atomic E-state index is 12.1. The van der Waals surface area contributed by atoms with Gasteiger partial charge >= 0.3 is 0 Å². The lowest BCUT2D eigenvalue weighted by atomic mass is 9.97. The van der Waals surface area contributed by atoms with E-state index in [0.29, 0.717) is 19.1 Å². The zero-order valence-corrected chi connectivity index (χ0v) is 13.3. The van der Waals surface area contributed by atoms with E-state index in [1.165, 1.54) is 32.1 Å². The van der Waals surface area contributed by atoms with Crippen LogP contribution in [0.4, 0.5) is 0 Å². The van der Waals surface area contributed by atoms with Crippen LogP contribution in [0.1, 0.15) is 56.5 Å². The SMILES string of the molecule is Cc1cnc(CN(C)CC(=O)NC2CCCCCCC2)[nH]1. The average Bonchev–Trinajstić information content (AvgIpc) is 2.77. The van der Waals surface area contributed by atoms with Gasteiger partial charge in [-0.3, -0.25) is 9.69 Å². The summed E-state index contributed by atoms with van der Waals surface area (Å²) in [6, 6.07) is 0.372. The second-order valence-corrected chi connectivity index (χ2v) is 6.29. The van der Waals surface area contributed by atoms with Crippen LogP contribution in [-0.4, -0.2) is 40.4 Å². The molecule has 5 heteroatoms. The van der Waals surface area contributed by atoms with E-state index >= 15 is 0 Å². The third-order valence-corrected chi connectivity index (χ3v) is 4.06. The van der Waals surface area contributed by atoms with Gasteiger partial charge in [-0.2, -0.15) is 0 Å². The summed E-state index contributed by atoms with van der Waals surface area (Å²) < 4.78 is 0. The first-order chi connectivity index (χ1) is 10.1. The molecule has 0 spiro atoms. The molecule has 1 amide bonds. The molecule has 0 atom stereocenters. The molecule has 1 aromatic rings. The van der Waals surface area contributed by atoms with E-state index in [4.69, 9.17) is 0 Å². The number of nitrogens with zero attached hydrogens (tertiary/aromatic N) is 2. The maximum atomic E-state index is 12.1. The van der Waals surface area contributed by atoms with Gasteiger partial charge in [-0.15, -0.1) is 0 Å². The Morgan fingerprint density at radius 3 is 2.62 bits per heavy atom. The molecule has 1 saturated carbocycles. The molecule has 0 aromatic carbocycles. The minimum Gasteiger partial charge on any atom is -0.352 e. The second-order valence-electron chi connectivity index (χ2n) is 6.29. The van der Waals surface area contributed by atoms with Crippen LogP contribution in [0.3, 0.4) is 0 Å². The van der Waals surface area contributed by atoms with Crippen molar-refractivity contribution in [2.45, 2.75) is 64.5 Å². The van der Waals surface area contributed by atoms with Gasteiger partial charge in [-0.25, -0.2) is 4.98 Å². The topological polar surface area (TPSA) is 61.0 Å². The van der Waals surface area contributed by atoms with E-state index in [0.717, 1.165) is 24.4 Å². The highest BCUT2D eigenvalue weighted by Crippen LogP contribution is 2.17. The molecule has 0 radical (unpaired) electrons.